The second kappa shape index (κ2) is 9.04. The van der Waals surface area contributed by atoms with Gasteiger partial charge in [-0.25, -0.2) is 0 Å². The third kappa shape index (κ3) is 4.23. The summed E-state index contributed by atoms with van der Waals surface area (Å²) in [5.74, 6) is 0.278. The number of rotatable bonds is 2. The minimum atomic E-state index is -0.0406. The molecule has 0 aromatic heterocycles. The number of nitrogens with zero attached hydrogens (tertiary/aromatic N) is 2. The zero-order valence-corrected chi connectivity index (χ0v) is 16.3. The van der Waals surface area contributed by atoms with Crippen LogP contribution in [0.2, 0.25) is 0 Å². The summed E-state index contributed by atoms with van der Waals surface area (Å²) in [6.07, 6.45) is 1.04. The Labute approximate surface area is 157 Å². The van der Waals surface area contributed by atoms with Gasteiger partial charge in [0.1, 0.15) is 0 Å². The Balaban J connectivity index is 0.00000144. The molecule has 0 aliphatic carbocycles. The fourth-order valence-corrected chi connectivity index (χ4v) is 3.61. The van der Waals surface area contributed by atoms with Crippen LogP contribution >= 0.6 is 24.8 Å². The molecule has 0 bridgehead atoms. The summed E-state index contributed by atoms with van der Waals surface area (Å²) in [6, 6.07) is 9.18. The number of hydrogen-bond donors (Lipinski definition) is 1. The molecule has 6 heteroatoms. The highest BCUT2D eigenvalue weighted by atomic mass is 35.5. The fraction of sp³-hybridized carbons (Fsp3) is 0.611. The monoisotopic (exact) mass is 373 g/mol. The summed E-state index contributed by atoms with van der Waals surface area (Å²) in [6.45, 7) is 9.94. The lowest BCUT2D eigenvalue weighted by atomic mass is 9.98. The van der Waals surface area contributed by atoms with Crippen LogP contribution in [0.15, 0.2) is 24.3 Å². The molecule has 0 saturated carbocycles. The van der Waals surface area contributed by atoms with Crippen molar-refractivity contribution in [3.63, 3.8) is 0 Å². The smallest absolute Gasteiger partial charge is 0.239 e. The van der Waals surface area contributed by atoms with Crippen LogP contribution in [-0.4, -0.2) is 53.5 Å². The number of halogens is 2. The van der Waals surface area contributed by atoms with E-state index in [4.69, 9.17) is 0 Å². The van der Waals surface area contributed by atoms with Crippen molar-refractivity contribution in [1.29, 1.82) is 0 Å². The largest absolute Gasteiger partial charge is 0.336 e. The van der Waals surface area contributed by atoms with E-state index in [2.05, 4.69) is 60.2 Å². The zero-order chi connectivity index (χ0) is 15.7. The third-order valence-corrected chi connectivity index (χ3v) is 5.38. The molecule has 3 unspecified atom stereocenters. The molecule has 1 aromatic carbocycles. The molecule has 3 rings (SSSR count). The van der Waals surface area contributed by atoms with Gasteiger partial charge in [-0.2, -0.15) is 0 Å². The number of piperazine rings is 1. The van der Waals surface area contributed by atoms with Gasteiger partial charge in [-0.1, -0.05) is 24.3 Å². The zero-order valence-electron chi connectivity index (χ0n) is 14.7. The molecule has 2 heterocycles. The highest BCUT2D eigenvalue weighted by Crippen LogP contribution is 2.22. The van der Waals surface area contributed by atoms with Crippen molar-refractivity contribution in [2.45, 2.75) is 51.9 Å². The number of carbonyl (C=O) groups excluding carboxylic acids is 1. The Bertz CT molecular complexity index is 555. The molecule has 2 aliphatic rings. The maximum atomic E-state index is 12.9. The Hall–Kier alpha value is -0.810. The summed E-state index contributed by atoms with van der Waals surface area (Å²) < 4.78 is 0. The topological polar surface area (TPSA) is 35.6 Å². The first-order chi connectivity index (χ1) is 10.6. The number of amides is 1. The van der Waals surface area contributed by atoms with Crippen molar-refractivity contribution in [1.82, 2.24) is 15.1 Å². The second-order valence-corrected chi connectivity index (χ2v) is 6.68. The lowest BCUT2D eigenvalue weighted by Crippen LogP contribution is -2.60. The van der Waals surface area contributed by atoms with Crippen LogP contribution in [0.25, 0.3) is 0 Å². The molecular formula is C18H29Cl2N3O. The molecular weight excluding hydrogens is 345 g/mol. The maximum absolute atomic E-state index is 12.9. The van der Waals surface area contributed by atoms with Crippen LogP contribution < -0.4 is 5.32 Å². The predicted octanol–water partition coefficient (Wildman–Crippen LogP) is 2.49. The van der Waals surface area contributed by atoms with Gasteiger partial charge in [-0.3, -0.25) is 9.69 Å². The normalized spacial score (nSPS) is 25.0. The molecule has 1 N–H and O–H groups in total. The van der Waals surface area contributed by atoms with Crippen LogP contribution in [0.1, 0.15) is 31.9 Å². The molecule has 1 aromatic rings. The van der Waals surface area contributed by atoms with Crippen LogP contribution in [0.3, 0.4) is 0 Å². The minimum absolute atomic E-state index is 0. The van der Waals surface area contributed by atoms with E-state index in [0.29, 0.717) is 6.04 Å². The Kier molecular flexibility index (Phi) is 8.00. The van der Waals surface area contributed by atoms with E-state index in [0.717, 1.165) is 32.6 Å². The van der Waals surface area contributed by atoms with E-state index in [-0.39, 0.29) is 42.8 Å². The highest BCUT2D eigenvalue weighted by Gasteiger charge is 2.33. The first-order valence-corrected chi connectivity index (χ1v) is 8.42. The van der Waals surface area contributed by atoms with Crippen LogP contribution in [-0.2, 0) is 17.8 Å². The molecule has 1 fully saturated rings. The summed E-state index contributed by atoms with van der Waals surface area (Å²) in [7, 11) is 0. The van der Waals surface area contributed by atoms with Gasteiger partial charge in [-0.15, -0.1) is 24.8 Å². The lowest BCUT2D eigenvalue weighted by molar-refractivity contribution is -0.140. The number of carbonyl (C=O) groups is 1. The Morgan fingerprint density at radius 2 is 1.83 bits per heavy atom. The number of fused-ring (bicyclic) bond motifs is 1. The molecule has 24 heavy (non-hydrogen) atoms. The first kappa shape index (κ1) is 21.2. The lowest BCUT2D eigenvalue weighted by Gasteiger charge is -2.42. The Morgan fingerprint density at radius 3 is 2.54 bits per heavy atom. The fourth-order valence-electron chi connectivity index (χ4n) is 3.61. The van der Waals surface area contributed by atoms with E-state index in [9.17, 15) is 4.79 Å². The quantitative estimate of drug-likeness (QED) is 0.864. The van der Waals surface area contributed by atoms with Gasteiger partial charge in [0, 0.05) is 38.3 Å². The van der Waals surface area contributed by atoms with E-state index >= 15 is 0 Å². The van der Waals surface area contributed by atoms with Gasteiger partial charge in [0.05, 0.1) is 6.04 Å². The second-order valence-electron chi connectivity index (χ2n) is 6.68. The van der Waals surface area contributed by atoms with Crippen molar-refractivity contribution in [2.75, 3.05) is 19.6 Å². The molecule has 2 aliphatic heterocycles. The molecule has 0 spiro atoms. The van der Waals surface area contributed by atoms with Gasteiger partial charge in [0.25, 0.3) is 0 Å². The summed E-state index contributed by atoms with van der Waals surface area (Å²) in [5, 5.41) is 3.44. The predicted molar refractivity (Wildman–Crippen MR) is 103 cm³/mol. The standard InChI is InChI=1S/C18H27N3O.2ClH/c1-13-14(2)21(11-9-19-13)18(22)15(3)20-10-8-16-6-4-5-7-17(16)12-20;;/h4-7,13-15,19H,8-12H2,1-3H3;2*1H. The third-order valence-electron chi connectivity index (χ3n) is 5.38. The highest BCUT2D eigenvalue weighted by molar-refractivity contribution is 5.85. The number of nitrogens with one attached hydrogen (secondary N) is 1. The first-order valence-electron chi connectivity index (χ1n) is 8.42. The SMILES string of the molecule is CC1NCCN(C(=O)C(C)N2CCc3ccccc3C2)C1C.Cl.Cl. The van der Waals surface area contributed by atoms with E-state index < -0.39 is 0 Å². The van der Waals surface area contributed by atoms with Crippen molar-refractivity contribution in [2.24, 2.45) is 0 Å². The molecule has 4 nitrogen and oxygen atoms in total. The summed E-state index contributed by atoms with van der Waals surface area (Å²) in [4.78, 5) is 17.3. The van der Waals surface area contributed by atoms with Crippen molar-refractivity contribution >= 4 is 30.7 Å². The summed E-state index contributed by atoms with van der Waals surface area (Å²) in [5.41, 5.74) is 2.80. The van der Waals surface area contributed by atoms with E-state index in [1.165, 1.54) is 11.1 Å². The van der Waals surface area contributed by atoms with Crippen LogP contribution in [0.4, 0.5) is 0 Å². The van der Waals surface area contributed by atoms with Crippen molar-refractivity contribution in [3.05, 3.63) is 35.4 Å². The minimum Gasteiger partial charge on any atom is -0.336 e. The van der Waals surface area contributed by atoms with Gasteiger partial charge >= 0.3 is 0 Å². The van der Waals surface area contributed by atoms with Crippen LogP contribution in [0, 0.1) is 0 Å². The molecule has 1 amide bonds. The summed E-state index contributed by atoms with van der Waals surface area (Å²) >= 11 is 0. The molecule has 1 saturated heterocycles. The van der Waals surface area contributed by atoms with E-state index in [1.807, 2.05) is 0 Å². The van der Waals surface area contributed by atoms with Gasteiger partial charge in [0.2, 0.25) is 5.91 Å². The van der Waals surface area contributed by atoms with E-state index in [1.54, 1.807) is 0 Å². The van der Waals surface area contributed by atoms with Gasteiger partial charge < -0.3 is 10.2 Å². The molecule has 0 radical (unpaired) electrons. The average molecular weight is 374 g/mol. The Morgan fingerprint density at radius 1 is 1.17 bits per heavy atom. The number of benzene rings is 1. The van der Waals surface area contributed by atoms with Crippen LogP contribution in [0.5, 0.6) is 0 Å². The van der Waals surface area contributed by atoms with Gasteiger partial charge in [-0.05, 0) is 38.3 Å². The van der Waals surface area contributed by atoms with Crippen molar-refractivity contribution < 1.29 is 4.79 Å². The average Bonchev–Trinajstić information content (AvgIpc) is 2.55. The number of hydrogen-bond acceptors (Lipinski definition) is 3. The maximum Gasteiger partial charge on any atom is 0.239 e. The molecule has 136 valence electrons. The van der Waals surface area contributed by atoms with Crippen molar-refractivity contribution in [3.8, 4) is 0 Å². The molecule has 3 atom stereocenters. The van der Waals surface area contributed by atoms with Gasteiger partial charge in [0.15, 0.2) is 0 Å².